The molecule has 1 aliphatic heterocycles. The molecule has 0 amide bonds. The van der Waals surface area contributed by atoms with Crippen molar-refractivity contribution in [2.75, 3.05) is 26.2 Å². The van der Waals surface area contributed by atoms with Gasteiger partial charge in [-0.1, -0.05) is 0 Å². The molecule has 0 aliphatic carbocycles. The van der Waals surface area contributed by atoms with Crippen molar-refractivity contribution in [3.63, 3.8) is 0 Å². The summed E-state index contributed by atoms with van der Waals surface area (Å²) < 4.78 is 11.0. The molecule has 1 saturated heterocycles. The minimum absolute atomic E-state index is 0.0380. The number of furan rings is 1. The zero-order valence-corrected chi connectivity index (χ0v) is 10.1. The van der Waals surface area contributed by atoms with Crippen LogP contribution >= 0.6 is 0 Å². The second-order valence-corrected chi connectivity index (χ2v) is 4.47. The van der Waals surface area contributed by atoms with E-state index in [1.54, 1.807) is 6.26 Å². The van der Waals surface area contributed by atoms with Crippen molar-refractivity contribution in [3.05, 3.63) is 24.2 Å². The van der Waals surface area contributed by atoms with E-state index >= 15 is 0 Å². The molecule has 17 heavy (non-hydrogen) atoms. The van der Waals surface area contributed by atoms with Gasteiger partial charge >= 0.3 is 0 Å². The van der Waals surface area contributed by atoms with Crippen LogP contribution in [0.2, 0.25) is 0 Å². The number of aliphatic hydroxyl groups excluding tert-OH is 1. The van der Waals surface area contributed by atoms with Crippen molar-refractivity contribution in [2.24, 2.45) is 5.73 Å². The van der Waals surface area contributed by atoms with E-state index in [2.05, 4.69) is 4.90 Å². The van der Waals surface area contributed by atoms with Gasteiger partial charge in [0.05, 0.1) is 31.1 Å². The lowest BCUT2D eigenvalue weighted by molar-refractivity contribution is -0.106. The van der Waals surface area contributed by atoms with Gasteiger partial charge < -0.3 is 20.0 Å². The van der Waals surface area contributed by atoms with Gasteiger partial charge in [-0.05, 0) is 19.1 Å². The Morgan fingerprint density at radius 1 is 1.59 bits per heavy atom. The van der Waals surface area contributed by atoms with Crippen LogP contribution < -0.4 is 5.73 Å². The third-order valence-electron chi connectivity index (χ3n) is 3.09. The van der Waals surface area contributed by atoms with E-state index in [1.165, 1.54) is 0 Å². The predicted octanol–water partition coefficient (Wildman–Crippen LogP) is 0.361. The van der Waals surface area contributed by atoms with Gasteiger partial charge in [0.15, 0.2) is 0 Å². The highest BCUT2D eigenvalue weighted by molar-refractivity contribution is 5.06. The van der Waals surface area contributed by atoms with Crippen LogP contribution in [0.5, 0.6) is 0 Å². The molecular formula is C12H20N2O3. The molecule has 1 aromatic heterocycles. The molecule has 0 spiro atoms. The smallest absolute Gasteiger partial charge is 0.122 e. The minimum atomic E-state index is -0.136. The number of nitrogens with two attached hydrogens (primary N) is 1. The van der Waals surface area contributed by atoms with E-state index in [-0.39, 0.29) is 24.9 Å². The fourth-order valence-electron chi connectivity index (χ4n) is 2.36. The van der Waals surface area contributed by atoms with Gasteiger partial charge in [0.25, 0.3) is 0 Å². The summed E-state index contributed by atoms with van der Waals surface area (Å²) in [7, 11) is 0. The quantitative estimate of drug-likeness (QED) is 0.795. The maximum absolute atomic E-state index is 9.21. The monoisotopic (exact) mass is 240 g/mol. The molecule has 5 heteroatoms. The lowest BCUT2D eigenvalue weighted by Crippen LogP contribution is -2.50. The Labute approximate surface area is 101 Å². The van der Waals surface area contributed by atoms with E-state index in [0.717, 1.165) is 12.3 Å². The highest BCUT2D eigenvalue weighted by Gasteiger charge is 2.30. The number of morpholine rings is 1. The largest absolute Gasteiger partial charge is 0.468 e. The standard InChI is InChI=1S/C12H20N2O3/c1-9-6-14(7-10(8-15)17-9)11(5-13)12-3-2-4-16-12/h2-4,9-11,15H,5-8,13H2,1H3. The Kier molecular flexibility index (Phi) is 4.17. The fraction of sp³-hybridized carbons (Fsp3) is 0.667. The van der Waals surface area contributed by atoms with Gasteiger partial charge in [-0.2, -0.15) is 0 Å². The molecule has 96 valence electrons. The van der Waals surface area contributed by atoms with E-state index < -0.39 is 0 Å². The van der Waals surface area contributed by atoms with Gasteiger partial charge in [-0.3, -0.25) is 4.90 Å². The summed E-state index contributed by atoms with van der Waals surface area (Å²) in [5, 5.41) is 9.21. The Balaban J connectivity index is 2.08. The molecule has 1 fully saturated rings. The summed E-state index contributed by atoms with van der Waals surface area (Å²) in [5.41, 5.74) is 5.82. The van der Waals surface area contributed by atoms with Gasteiger partial charge in [0.1, 0.15) is 5.76 Å². The molecule has 5 nitrogen and oxygen atoms in total. The Morgan fingerprint density at radius 3 is 3.00 bits per heavy atom. The molecule has 3 N–H and O–H groups in total. The second-order valence-electron chi connectivity index (χ2n) is 4.47. The highest BCUT2D eigenvalue weighted by Crippen LogP contribution is 2.24. The van der Waals surface area contributed by atoms with Crippen LogP contribution in [0.3, 0.4) is 0 Å². The molecular weight excluding hydrogens is 220 g/mol. The van der Waals surface area contributed by atoms with Crippen molar-refractivity contribution in [1.29, 1.82) is 0 Å². The van der Waals surface area contributed by atoms with Crippen LogP contribution in [0, 0.1) is 0 Å². The Hall–Kier alpha value is -0.880. The first kappa shape index (κ1) is 12.6. The van der Waals surface area contributed by atoms with Crippen molar-refractivity contribution in [1.82, 2.24) is 4.90 Å². The van der Waals surface area contributed by atoms with Crippen molar-refractivity contribution < 1.29 is 14.3 Å². The van der Waals surface area contributed by atoms with Gasteiger partial charge in [0, 0.05) is 19.6 Å². The van der Waals surface area contributed by atoms with E-state index in [1.807, 2.05) is 19.1 Å². The number of rotatable bonds is 4. The maximum atomic E-state index is 9.21. The molecule has 0 saturated carbocycles. The van der Waals surface area contributed by atoms with Crippen LogP contribution in [0.4, 0.5) is 0 Å². The van der Waals surface area contributed by atoms with Crippen molar-refractivity contribution >= 4 is 0 Å². The zero-order valence-electron chi connectivity index (χ0n) is 10.1. The minimum Gasteiger partial charge on any atom is -0.468 e. The first-order valence-electron chi connectivity index (χ1n) is 5.98. The number of hydrogen-bond donors (Lipinski definition) is 2. The van der Waals surface area contributed by atoms with Gasteiger partial charge in [-0.15, -0.1) is 0 Å². The first-order chi connectivity index (χ1) is 8.24. The summed E-state index contributed by atoms with van der Waals surface area (Å²) in [6.07, 6.45) is 1.62. The molecule has 2 rings (SSSR count). The number of nitrogens with zero attached hydrogens (tertiary/aromatic N) is 1. The molecule has 0 aromatic carbocycles. The third-order valence-corrected chi connectivity index (χ3v) is 3.09. The average molecular weight is 240 g/mol. The summed E-state index contributed by atoms with van der Waals surface area (Å²) in [5.74, 6) is 0.873. The summed E-state index contributed by atoms with van der Waals surface area (Å²) >= 11 is 0. The third kappa shape index (κ3) is 2.87. The highest BCUT2D eigenvalue weighted by atomic mass is 16.5. The van der Waals surface area contributed by atoms with Crippen molar-refractivity contribution in [3.8, 4) is 0 Å². The van der Waals surface area contributed by atoms with Crippen LogP contribution in [0.1, 0.15) is 18.7 Å². The average Bonchev–Trinajstić information content (AvgIpc) is 2.83. The van der Waals surface area contributed by atoms with E-state index in [4.69, 9.17) is 14.9 Å². The molecule has 3 atom stereocenters. The molecule has 0 radical (unpaired) electrons. The number of hydrogen-bond acceptors (Lipinski definition) is 5. The topological polar surface area (TPSA) is 71.9 Å². The number of aliphatic hydroxyl groups is 1. The van der Waals surface area contributed by atoms with E-state index in [9.17, 15) is 5.11 Å². The molecule has 2 heterocycles. The first-order valence-corrected chi connectivity index (χ1v) is 5.98. The predicted molar refractivity (Wildman–Crippen MR) is 63.5 cm³/mol. The lowest BCUT2D eigenvalue weighted by atomic mass is 10.1. The molecule has 3 unspecified atom stereocenters. The van der Waals surface area contributed by atoms with Crippen LogP contribution in [-0.4, -0.2) is 48.5 Å². The fourth-order valence-corrected chi connectivity index (χ4v) is 2.36. The summed E-state index contributed by atoms with van der Waals surface area (Å²) in [6.45, 7) is 4.03. The Morgan fingerprint density at radius 2 is 2.41 bits per heavy atom. The van der Waals surface area contributed by atoms with Gasteiger partial charge in [0.2, 0.25) is 0 Å². The van der Waals surface area contributed by atoms with Crippen LogP contribution in [-0.2, 0) is 4.74 Å². The number of ether oxygens (including phenoxy) is 1. The SMILES string of the molecule is CC1CN(C(CN)c2ccco2)CC(CO)O1. The summed E-state index contributed by atoms with van der Waals surface area (Å²) in [6, 6.07) is 3.86. The molecule has 1 aromatic rings. The maximum Gasteiger partial charge on any atom is 0.122 e. The molecule has 0 bridgehead atoms. The molecule has 1 aliphatic rings. The lowest BCUT2D eigenvalue weighted by Gasteiger charge is -2.39. The van der Waals surface area contributed by atoms with E-state index in [0.29, 0.717) is 13.1 Å². The van der Waals surface area contributed by atoms with Crippen LogP contribution in [0.25, 0.3) is 0 Å². The normalized spacial score (nSPS) is 28.2. The van der Waals surface area contributed by atoms with Crippen molar-refractivity contribution in [2.45, 2.75) is 25.2 Å². The Bertz CT molecular complexity index is 329. The van der Waals surface area contributed by atoms with Crippen LogP contribution in [0.15, 0.2) is 22.8 Å². The second kappa shape index (κ2) is 5.64. The van der Waals surface area contributed by atoms with Gasteiger partial charge in [-0.25, -0.2) is 0 Å². The summed E-state index contributed by atoms with van der Waals surface area (Å²) in [4.78, 5) is 2.22. The zero-order chi connectivity index (χ0) is 12.3.